The van der Waals surface area contributed by atoms with Gasteiger partial charge in [-0.3, -0.25) is 19.2 Å². The van der Waals surface area contributed by atoms with E-state index < -0.39 is 15.9 Å². The molecule has 1 aliphatic heterocycles. The highest BCUT2D eigenvalue weighted by Gasteiger charge is 2.17. The smallest absolute Gasteiger partial charge is 0.253 e. The van der Waals surface area contributed by atoms with E-state index in [4.69, 9.17) is 0 Å². The van der Waals surface area contributed by atoms with E-state index in [9.17, 15) is 18.0 Å². The van der Waals surface area contributed by atoms with Gasteiger partial charge in [-0.15, -0.1) is 0 Å². The minimum Gasteiger partial charge on any atom is -0.348 e. The number of likely N-dealkylation sites (tertiary alicyclic amines) is 1. The van der Waals surface area contributed by atoms with Crippen molar-refractivity contribution in [2.75, 3.05) is 29.4 Å². The fourth-order valence-corrected chi connectivity index (χ4v) is 4.40. The van der Waals surface area contributed by atoms with Crippen LogP contribution in [0.3, 0.4) is 0 Å². The van der Waals surface area contributed by atoms with Gasteiger partial charge in [0.2, 0.25) is 15.9 Å². The van der Waals surface area contributed by atoms with Gasteiger partial charge < -0.3 is 10.6 Å². The first-order chi connectivity index (χ1) is 15.6. The van der Waals surface area contributed by atoms with Crippen molar-refractivity contribution in [3.63, 3.8) is 0 Å². The molecule has 9 heteroatoms. The predicted octanol–water partition coefficient (Wildman–Crippen LogP) is 3.18. The van der Waals surface area contributed by atoms with E-state index in [1.165, 1.54) is 43.5 Å². The average molecular weight is 473 g/mol. The van der Waals surface area contributed by atoms with Crippen LogP contribution in [-0.2, 0) is 27.9 Å². The number of piperidine rings is 1. The number of anilines is 2. The first-order valence-electron chi connectivity index (χ1n) is 11.1. The van der Waals surface area contributed by atoms with Crippen LogP contribution in [0.5, 0.6) is 0 Å². The molecule has 1 saturated heterocycles. The molecule has 0 aromatic heterocycles. The van der Waals surface area contributed by atoms with E-state index in [1.807, 2.05) is 12.1 Å². The molecule has 0 bridgehead atoms. The lowest BCUT2D eigenvalue weighted by atomic mass is 9.99. The van der Waals surface area contributed by atoms with Crippen molar-refractivity contribution in [3.8, 4) is 0 Å². The van der Waals surface area contributed by atoms with Crippen LogP contribution in [0.1, 0.15) is 48.2 Å². The van der Waals surface area contributed by atoms with Crippen LogP contribution in [0.2, 0.25) is 0 Å². The molecule has 0 unspecified atom stereocenters. The fraction of sp³-hybridized carbons (Fsp3) is 0.417. The maximum absolute atomic E-state index is 12.9. The molecule has 2 amide bonds. The topological polar surface area (TPSA) is 108 Å². The van der Waals surface area contributed by atoms with Crippen molar-refractivity contribution in [1.29, 1.82) is 0 Å². The summed E-state index contributed by atoms with van der Waals surface area (Å²) in [5.41, 5.74) is 2.86. The Morgan fingerprint density at radius 3 is 2.27 bits per heavy atom. The van der Waals surface area contributed by atoms with Gasteiger partial charge in [-0.25, -0.2) is 8.42 Å². The molecule has 1 aliphatic rings. The molecule has 8 nitrogen and oxygen atoms in total. The molecule has 1 fully saturated rings. The van der Waals surface area contributed by atoms with Crippen LogP contribution in [-0.4, -0.2) is 44.5 Å². The molecule has 0 radical (unpaired) electrons. The lowest BCUT2D eigenvalue weighted by molar-refractivity contribution is -0.114. The molecule has 2 aromatic rings. The largest absolute Gasteiger partial charge is 0.348 e. The quantitative estimate of drug-likeness (QED) is 0.547. The van der Waals surface area contributed by atoms with Crippen molar-refractivity contribution in [2.45, 2.75) is 39.8 Å². The molecule has 0 saturated carbocycles. The van der Waals surface area contributed by atoms with Crippen molar-refractivity contribution >= 4 is 33.2 Å². The number of nitrogens with zero attached hydrogens (tertiary/aromatic N) is 1. The third-order valence-corrected chi connectivity index (χ3v) is 6.23. The normalized spacial score (nSPS) is 15.1. The van der Waals surface area contributed by atoms with Gasteiger partial charge in [-0.1, -0.05) is 31.2 Å². The summed E-state index contributed by atoms with van der Waals surface area (Å²) in [5.74, 6) is 0.0727. The highest BCUT2D eigenvalue weighted by atomic mass is 32.2. The number of hydrogen-bond acceptors (Lipinski definition) is 5. The molecule has 0 aliphatic carbocycles. The molecule has 178 valence electrons. The Balaban J connectivity index is 1.64. The lowest BCUT2D eigenvalue weighted by Gasteiger charge is -2.30. The Morgan fingerprint density at radius 2 is 1.67 bits per heavy atom. The van der Waals surface area contributed by atoms with Gasteiger partial charge >= 0.3 is 0 Å². The summed E-state index contributed by atoms with van der Waals surface area (Å²) in [6.45, 7) is 7.13. The van der Waals surface area contributed by atoms with E-state index in [-0.39, 0.29) is 17.2 Å². The summed E-state index contributed by atoms with van der Waals surface area (Å²) in [7, 11) is -3.58. The third kappa shape index (κ3) is 7.87. The fourth-order valence-electron chi connectivity index (χ4n) is 3.82. The number of rotatable bonds is 8. The number of nitrogens with one attached hydrogen (secondary N) is 3. The van der Waals surface area contributed by atoms with Crippen molar-refractivity contribution in [2.24, 2.45) is 5.92 Å². The zero-order valence-corrected chi connectivity index (χ0v) is 20.2. The second kappa shape index (κ2) is 10.8. The minimum atomic E-state index is -3.58. The summed E-state index contributed by atoms with van der Waals surface area (Å²) in [6, 6.07) is 12.6. The number of sulfonamides is 1. The predicted molar refractivity (Wildman–Crippen MR) is 130 cm³/mol. The van der Waals surface area contributed by atoms with Gasteiger partial charge in [0.15, 0.2) is 0 Å². The molecule has 1 heterocycles. The minimum absolute atomic E-state index is 0.127. The average Bonchev–Trinajstić information content (AvgIpc) is 2.74. The van der Waals surface area contributed by atoms with Gasteiger partial charge in [0.1, 0.15) is 0 Å². The summed E-state index contributed by atoms with van der Waals surface area (Å²) in [5, 5.41) is 5.44. The standard InChI is InChI=1S/C24H32N4O4S/c1-17-10-12-28(13-11-17)16-20-6-4-19(5-7-20)15-25-24(30)22-14-21(26-18(2)29)8-9-23(22)27-33(3,31)32/h4-9,14,17,27H,10-13,15-16H2,1-3H3,(H,25,30)(H,26,29). The first-order valence-corrected chi connectivity index (χ1v) is 13.0. The van der Waals surface area contributed by atoms with Gasteiger partial charge in [-0.2, -0.15) is 0 Å². The van der Waals surface area contributed by atoms with Crippen LogP contribution in [0.15, 0.2) is 42.5 Å². The SMILES string of the molecule is CC(=O)Nc1ccc(NS(C)(=O)=O)c(C(=O)NCc2ccc(CN3CCC(C)CC3)cc2)c1. The molecule has 0 spiro atoms. The van der Waals surface area contributed by atoms with Crippen molar-refractivity contribution in [1.82, 2.24) is 10.2 Å². The van der Waals surface area contributed by atoms with Gasteiger partial charge in [0.25, 0.3) is 5.91 Å². The lowest BCUT2D eigenvalue weighted by Crippen LogP contribution is -2.32. The van der Waals surface area contributed by atoms with Crippen LogP contribution in [0.4, 0.5) is 11.4 Å². The van der Waals surface area contributed by atoms with Gasteiger partial charge in [-0.05, 0) is 61.2 Å². The van der Waals surface area contributed by atoms with Crippen LogP contribution < -0.4 is 15.4 Å². The Labute approximate surface area is 195 Å². The second-order valence-corrected chi connectivity index (χ2v) is 10.5. The number of benzene rings is 2. The maximum Gasteiger partial charge on any atom is 0.253 e. The number of carbonyl (C=O) groups is 2. The Morgan fingerprint density at radius 1 is 1.03 bits per heavy atom. The molecule has 33 heavy (non-hydrogen) atoms. The number of carbonyl (C=O) groups excluding carboxylic acids is 2. The monoisotopic (exact) mass is 472 g/mol. The number of amides is 2. The zero-order valence-electron chi connectivity index (χ0n) is 19.3. The van der Waals surface area contributed by atoms with Crippen molar-refractivity contribution in [3.05, 3.63) is 59.2 Å². The summed E-state index contributed by atoms with van der Waals surface area (Å²) < 4.78 is 25.7. The molecular formula is C24H32N4O4S. The van der Waals surface area contributed by atoms with Crippen molar-refractivity contribution < 1.29 is 18.0 Å². The van der Waals surface area contributed by atoms with E-state index >= 15 is 0 Å². The summed E-state index contributed by atoms with van der Waals surface area (Å²) >= 11 is 0. The molecule has 3 N–H and O–H groups in total. The third-order valence-electron chi connectivity index (χ3n) is 5.64. The van der Waals surface area contributed by atoms with E-state index in [0.29, 0.717) is 12.2 Å². The summed E-state index contributed by atoms with van der Waals surface area (Å²) in [6.07, 6.45) is 3.50. The molecule has 3 rings (SSSR count). The number of hydrogen-bond donors (Lipinski definition) is 3. The van der Waals surface area contributed by atoms with E-state index in [0.717, 1.165) is 37.4 Å². The zero-order chi connectivity index (χ0) is 24.0. The maximum atomic E-state index is 12.9. The Hall–Kier alpha value is -2.91. The highest BCUT2D eigenvalue weighted by Crippen LogP contribution is 2.22. The van der Waals surface area contributed by atoms with E-state index in [1.54, 1.807) is 0 Å². The summed E-state index contributed by atoms with van der Waals surface area (Å²) in [4.78, 5) is 26.7. The molecule has 2 aromatic carbocycles. The van der Waals surface area contributed by atoms with Gasteiger partial charge in [0, 0.05) is 25.7 Å². The molecule has 0 atom stereocenters. The Kier molecular flexibility index (Phi) is 8.10. The Bertz CT molecular complexity index is 1090. The van der Waals surface area contributed by atoms with Gasteiger partial charge in [0.05, 0.1) is 17.5 Å². The first kappa shape index (κ1) is 24.7. The van der Waals surface area contributed by atoms with Crippen LogP contribution >= 0.6 is 0 Å². The van der Waals surface area contributed by atoms with Crippen LogP contribution in [0, 0.1) is 5.92 Å². The molecular weight excluding hydrogens is 440 g/mol. The second-order valence-electron chi connectivity index (χ2n) is 8.77. The highest BCUT2D eigenvalue weighted by molar-refractivity contribution is 7.92. The van der Waals surface area contributed by atoms with E-state index in [2.05, 4.69) is 39.3 Å². The van der Waals surface area contributed by atoms with Crippen LogP contribution in [0.25, 0.3) is 0 Å².